The quantitative estimate of drug-likeness (QED) is 0.346. The van der Waals surface area contributed by atoms with Crippen LogP contribution in [0.3, 0.4) is 0 Å². The number of aryl methyl sites for hydroxylation is 1. The zero-order valence-electron chi connectivity index (χ0n) is 20.7. The summed E-state index contributed by atoms with van der Waals surface area (Å²) in [7, 11) is 1.83. The molecule has 39 heavy (non-hydrogen) atoms. The van der Waals surface area contributed by atoms with Crippen molar-refractivity contribution in [2.24, 2.45) is 7.05 Å². The first kappa shape index (κ1) is 26.5. The molecule has 0 unspecified atom stereocenters. The topological polar surface area (TPSA) is 88.5 Å². The van der Waals surface area contributed by atoms with Crippen LogP contribution in [0.5, 0.6) is 11.6 Å². The smallest absolute Gasteiger partial charge is 0.416 e. The summed E-state index contributed by atoms with van der Waals surface area (Å²) in [5, 5.41) is 6.38. The van der Waals surface area contributed by atoms with Gasteiger partial charge in [-0.15, -0.1) is 0 Å². The van der Waals surface area contributed by atoms with Crippen molar-refractivity contribution < 1.29 is 27.5 Å². The molecule has 1 fully saturated rings. The number of piperazine rings is 1. The van der Waals surface area contributed by atoms with E-state index in [2.05, 4.69) is 15.6 Å². The summed E-state index contributed by atoms with van der Waals surface area (Å²) in [6.07, 6.45) is -3.20. The number of fused-ring (bicyclic) bond motifs is 1. The van der Waals surface area contributed by atoms with Gasteiger partial charge >= 0.3 is 6.18 Å². The predicted octanol–water partition coefficient (Wildman–Crippen LogP) is 5.34. The molecule has 0 aliphatic carbocycles. The summed E-state index contributed by atoms with van der Waals surface area (Å²) in [5.41, 5.74) is 0.676. The third-order valence-corrected chi connectivity index (χ3v) is 6.71. The second kappa shape index (κ2) is 10.6. The lowest BCUT2D eigenvalue weighted by atomic mass is 10.1. The largest absolute Gasteiger partial charge is 0.439 e. The van der Waals surface area contributed by atoms with Gasteiger partial charge < -0.3 is 24.8 Å². The monoisotopic (exact) mass is 557 g/mol. The standard InChI is InChI=1S/C27H23ClF3N5O3/c1-35-22-14-19(5-2-16(22)12-23(35)26(38)36-10-8-32-9-11-36)39-24-7-4-18(15-33-24)34-25(37)20-6-3-17(13-21(20)28)27(29,30)31/h2-7,12-15,32H,8-11H2,1H3,(H,34,37). The summed E-state index contributed by atoms with van der Waals surface area (Å²) in [6, 6.07) is 12.9. The number of ether oxygens (including phenoxy) is 1. The fraction of sp³-hybridized carbons (Fsp3) is 0.222. The van der Waals surface area contributed by atoms with Crippen molar-refractivity contribution in [3.63, 3.8) is 0 Å². The molecule has 0 atom stereocenters. The first-order valence-electron chi connectivity index (χ1n) is 12.0. The van der Waals surface area contributed by atoms with E-state index in [1.165, 1.54) is 6.20 Å². The van der Waals surface area contributed by atoms with Crippen molar-refractivity contribution in [3.8, 4) is 11.6 Å². The minimum atomic E-state index is -4.56. The SMILES string of the molecule is Cn1c(C(=O)N2CCNCC2)cc2ccc(Oc3ccc(NC(=O)c4ccc(C(F)(F)F)cc4Cl)cn3)cc21. The van der Waals surface area contributed by atoms with E-state index < -0.39 is 17.6 Å². The Morgan fingerprint density at radius 3 is 2.49 bits per heavy atom. The predicted molar refractivity (Wildman–Crippen MR) is 140 cm³/mol. The third kappa shape index (κ3) is 5.69. The number of hydrogen-bond donors (Lipinski definition) is 2. The summed E-state index contributed by atoms with van der Waals surface area (Å²) in [6.45, 7) is 2.86. The molecule has 12 heteroatoms. The van der Waals surface area contributed by atoms with E-state index >= 15 is 0 Å². The molecule has 4 aromatic rings. The van der Waals surface area contributed by atoms with E-state index in [-0.39, 0.29) is 22.4 Å². The summed E-state index contributed by atoms with van der Waals surface area (Å²) in [4.78, 5) is 31.5. The Morgan fingerprint density at radius 1 is 1.05 bits per heavy atom. The van der Waals surface area contributed by atoms with Crippen LogP contribution in [0, 0.1) is 0 Å². The molecule has 8 nitrogen and oxygen atoms in total. The van der Waals surface area contributed by atoms with Gasteiger partial charge in [0.1, 0.15) is 11.4 Å². The molecule has 2 amide bonds. The zero-order chi connectivity index (χ0) is 27.7. The highest BCUT2D eigenvalue weighted by molar-refractivity contribution is 6.34. The molecule has 0 spiro atoms. The molecular formula is C27H23ClF3N5O3. The second-order valence-corrected chi connectivity index (χ2v) is 9.39. The Morgan fingerprint density at radius 2 is 1.82 bits per heavy atom. The number of carbonyl (C=O) groups excluding carboxylic acids is 2. The first-order valence-corrected chi connectivity index (χ1v) is 12.4. The maximum Gasteiger partial charge on any atom is 0.416 e. The maximum absolute atomic E-state index is 13.0. The van der Waals surface area contributed by atoms with Crippen molar-refractivity contribution in [2.45, 2.75) is 6.18 Å². The molecule has 0 radical (unpaired) electrons. The molecule has 2 aromatic heterocycles. The Bertz CT molecular complexity index is 1550. The van der Waals surface area contributed by atoms with Gasteiger partial charge in [-0.1, -0.05) is 11.6 Å². The summed E-state index contributed by atoms with van der Waals surface area (Å²) in [5.74, 6) is 0.0657. The van der Waals surface area contributed by atoms with Crippen LogP contribution in [0.1, 0.15) is 26.4 Å². The van der Waals surface area contributed by atoms with Gasteiger partial charge in [-0.2, -0.15) is 13.2 Å². The Balaban J connectivity index is 1.27. The average molecular weight is 558 g/mol. The number of rotatable bonds is 5. The number of halogens is 4. The molecular weight excluding hydrogens is 535 g/mol. The van der Waals surface area contributed by atoms with Crippen LogP contribution in [-0.4, -0.2) is 52.4 Å². The van der Waals surface area contributed by atoms with Gasteiger partial charge in [0, 0.05) is 50.7 Å². The lowest BCUT2D eigenvalue weighted by Crippen LogP contribution is -2.46. The van der Waals surface area contributed by atoms with Crippen molar-refractivity contribution in [1.29, 1.82) is 0 Å². The Labute approximate surface area is 226 Å². The van der Waals surface area contributed by atoms with Gasteiger partial charge in [-0.3, -0.25) is 9.59 Å². The van der Waals surface area contributed by atoms with Crippen LogP contribution in [0.15, 0.2) is 60.8 Å². The number of anilines is 1. The normalized spacial score (nSPS) is 13.9. The molecule has 1 aliphatic rings. The molecule has 5 rings (SSSR count). The second-order valence-electron chi connectivity index (χ2n) is 8.99. The molecule has 2 N–H and O–H groups in total. The average Bonchev–Trinajstić information content (AvgIpc) is 3.25. The number of carbonyl (C=O) groups is 2. The lowest BCUT2D eigenvalue weighted by molar-refractivity contribution is -0.137. The number of alkyl halides is 3. The number of pyridine rings is 1. The number of nitrogens with zero attached hydrogens (tertiary/aromatic N) is 3. The van der Waals surface area contributed by atoms with Crippen LogP contribution in [0.2, 0.25) is 5.02 Å². The van der Waals surface area contributed by atoms with Gasteiger partial charge in [0.05, 0.1) is 33.6 Å². The van der Waals surface area contributed by atoms with Crippen LogP contribution < -0.4 is 15.4 Å². The minimum Gasteiger partial charge on any atom is -0.439 e. The minimum absolute atomic E-state index is 0.0189. The molecule has 0 saturated carbocycles. The molecule has 1 aliphatic heterocycles. The van der Waals surface area contributed by atoms with Crippen LogP contribution in [-0.2, 0) is 13.2 Å². The first-order chi connectivity index (χ1) is 18.6. The van der Waals surface area contributed by atoms with Crippen LogP contribution in [0.4, 0.5) is 18.9 Å². The molecule has 202 valence electrons. The Kier molecular flexibility index (Phi) is 7.19. The van der Waals surface area contributed by atoms with Gasteiger partial charge in [-0.05, 0) is 42.5 Å². The number of amides is 2. The number of nitrogens with one attached hydrogen (secondary N) is 2. The van der Waals surface area contributed by atoms with Crippen LogP contribution in [0.25, 0.3) is 10.9 Å². The van der Waals surface area contributed by atoms with Crippen LogP contribution >= 0.6 is 11.6 Å². The molecule has 1 saturated heterocycles. The van der Waals surface area contributed by atoms with Crippen molar-refractivity contribution >= 4 is 40.0 Å². The maximum atomic E-state index is 13.0. The van der Waals surface area contributed by atoms with Crippen molar-refractivity contribution in [1.82, 2.24) is 19.8 Å². The lowest BCUT2D eigenvalue weighted by Gasteiger charge is -2.27. The Hall–Kier alpha value is -4.09. The van der Waals surface area contributed by atoms with Gasteiger partial charge in [0.25, 0.3) is 11.8 Å². The van der Waals surface area contributed by atoms with E-state index in [4.69, 9.17) is 16.3 Å². The van der Waals surface area contributed by atoms with Gasteiger partial charge in [-0.25, -0.2) is 4.98 Å². The third-order valence-electron chi connectivity index (χ3n) is 6.40. The number of hydrogen-bond acceptors (Lipinski definition) is 5. The van der Waals surface area contributed by atoms with Crippen molar-refractivity contribution in [2.75, 3.05) is 31.5 Å². The highest BCUT2D eigenvalue weighted by atomic mass is 35.5. The highest BCUT2D eigenvalue weighted by Gasteiger charge is 2.31. The van der Waals surface area contributed by atoms with E-state index in [1.54, 1.807) is 18.2 Å². The molecule has 2 aromatic carbocycles. The molecule has 0 bridgehead atoms. The number of aromatic nitrogens is 2. The highest BCUT2D eigenvalue weighted by Crippen LogP contribution is 2.32. The molecule has 3 heterocycles. The van der Waals surface area contributed by atoms with E-state index in [9.17, 15) is 22.8 Å². The van der Waals surface area contributed by atoms with Gasteiger partial charge in [0.2, 0.25) is 5.88 Å². The van der Waals surface area contributed by atoms with E-state index in [0.717, 1.165) is 36.1 Å². The fourth-order valence-electron chi connectivity index (χ4n) is 4.32. The van der Waals surface area contributed by atoms with E-state index in [0.29, 0.717) is 36.3 Å². The van der Waals surface area contributed by atoms with Crippen molar-refractivity contribution in [3.05, 3.63) is 82.6 Å². The summed E-state index contributed by atoms with van der Waals surface area (Å²) >= 11 is 5.90. The zero-order valence-corrected chi connectivity index (χ0v) is 21.4. The summed E-state index contributed by atoms with van der Waals surface area (Å²) < 4.78 is 46.2. The van der Waals surface area contributed by atoms with E-state index in [1.807, 2.05) is 34.7 Å². The number of benzene rings is 2. The fourth-order valence-corrected chi connectivity index (χ4v) is 4.58. The van der Waals surface area contributed by atoms with Gasteiger partial charge in [0.15, 0.2) is 0 Å².